The number of para-hydroxylation sites is 1. The first-order chi connectivity index (χ1) is 13.2. The van der Waals surface area contributed by atoms with Crippen LogP contribution in [0.25, 0.3) is 27.8 Å². The van der Waals surface area contributed by atoms with Gasteiger partial charge in [0.05, 0.1) is 22.6 Å². The molecule has 136 valence electrons. The molecule has 1 aliphatic rings. The summed E-state index contributed by atoms with van der Waals surface area (Å²) in [6.45, 7) is 6.17. The Bertz CT molecular complexity index is 1140. The quantitative estimate of drug-likeness (QED) is 0.588. The van der Waals surface area contributed by atoms with Crippen LogP contribution in [0, 0.1) is 13.8 Å². The van der Waals surface area contributed by atoms with Crippen LogP contribution >= 0.6 is 0 Å². The molecule has 4 aromatic rings. The zero-order valence-corrected chi connectivity index (χ0v) is 15.7. The van der Waals surface area contributed by atoms with Gasteiger partial charge in [0.15, 0.2) is 5.65 Å². The number of hydrogen-bond acceptors (Lipinski definition) is 4. The Hall–Kier alpha value is -2.79. The highest BCUT2D eigenvalue weighted by Gasteiger charge is 2.18. The lowest BCUT2D eigenvalue weighted by Gasteiger charge is -2.22. The topological polar surface area (TPSA) is 55.1 Å². The summed E-state index contributed by atoms with van der Waals surface area (Å²) in [7, 11) is 0. The molecular weight excluding hydrogens is 334 g/mol. The molecule has 1 saturated heterocycles. The van der Waals surface area contributed by atoms with Gasteiger partial charge in [-0.1, -0.05) is 24.3 Å². The fourth-order valence-corrected chi connectivity index (χ4v) is 4.12. The van der Waals surface area contributed by atoms with Crippen molar-refractivity contribution in [1.82, 2.24) is 24.7 Å². The molecule has 1 aromatic carbocycles. The van der Waals surface area contributed by atoms with E-state index in [1.807, 2.05) is 20.0 Å². The molecule has 27 heavy (non-hydrogen) atoms. The summed E-state index contributed by atoms with van der Waals surface area (Å²) in [6.07, 6.45) is 6.42. The van der Waals surface area contributed by atoms with Gasteiger partial charge in [-0.3, -0.25) is 4.98 Å². The summed E-state index contributed by atoms with van der Waals surface area (Å²) in [5.41, 5.74) is 7.12. The molecule has 4 heterocycles. The van der Waals surface area contributed by atoms with Crippen LogP contribution in [0.2, 0.25) is 0 Å². The molecule has 0 atom stereocenters. The van der Waals surface area contributed by atoms with Gasteiger partial charge in [-0.2, -0.15) is 0 Å². The smallest absolute Gasteiger partial charge is 0.158 e. The molecule has 0 spiro atoms. The van der Waals surface area contributed by atoms with E-state index in [-0.39, 0.29) is 0 Å². The summed E-state index contributed by atoms with van der Waals surface area (Å²) >= 11 is 0. The molecule has 0 aliphatic carbocycles. The number of imidazole rings is 1. The summed E-state index contributed by atoms with van der Waals surface area (Å²) in [5, 5.41) is 4.60. The van der Waals surface area contributed by atoms with Gasteiger partial charge in [-0.25, -0.2) is 9.97 Å². The zero-order valence-electron chi connectivity index (χ0n) is 15.7. The number of aryl methyl sites for hydroxylation is 2. The molecule has 1 aliphatic heterocycles. The van der Waals surface area contributed by atoms with E-state index in [1.165, 1.54) is 5.69 Å². The lowest BCUT2D eigenvalue weighted by Crippen LogP contribution is -2.27. The highest BCUT2D eigenvalue weighted by molar-refractivity contribution is 5.92. The zero-order chi connectivity index (χ0) is 18.4. The average Bonchev–Trinajstić information content (AvgIpc) is 3.08. The van der Waals surface area contributed by atoms with Gasteiger partial charge in [0.2, 0.25) is 0 Å². The number of piperidine rings is 1. The molecule has 5 nitrogen and oxygen atoms in total. The van der Waals surface area contributed by atoms with Gasteiger partial charge < -0.3 is 9.72 Å². The average molecular weight is 357 g/mol. The Balaban J connectivity index is 1.68. The Morgan fingerprint density at radius 3 is 2.67 bits per heavy atom. The van der Waals surface area contributed by atoms with Crippen LogP contribution < -0.4 is 5.32 Å². The third kappa shape index (κ3) is 2.88. The third-order valence-corrected chi connectivity index (χ3v) is 5.50. The van der Waals surface area contributed by atoms with Crippen molar-refractivity contribution < 1.29 is 0 Å². The second-order valence-corrected chi connectivity index (χ2v) is 7.46. The van der Waals surface area contributed by atoms with Gasteiger partial charge >= 0.3 is 0 Å². The number of rotatable bonds is 2. The number of pyridine rings is 1. The summed E-state index contributed by atoms with van der Waals surface area (Å²) in [5.74, 6) is 0.539. The number of aromatic nitrogens is 4. The molecular formula is C22H23N5. The Morgan fingerprint density at radius 1 is 0.963 bits per heavy atom. The SMILES string of the molecule is Cc1cn2cc(-c3cccc4ccc(C5CCNCC5)nc34)nc(C)c2n1. The first-order valence-electron chi connectivity index (χ1n) is 9.63. The standard InChI is InChI=1S/C22H23N5/c1-14-12-27-13-20(25-15(2)22(27)24-14)18-5-3-4-17-6-7-19(26-21(17)18)16-8-10-23-11-9-16/h3-7,12-13,16,23H,8-11H2,1-2H3. The molecule has 1 N–H and O–H groups in total. The summed E-state index contributed by atoms with van der Waals surface area (Å²) < 4.78 is 2.07. The largest absolute Gasteiger partial charge is 0.317 e. The minimum atomic E-state index is 0.539. The maximum atomic E-state index is 5.10. The molecule has 5 heteroatoms. The second-order valence-electron chi connectivity index (χ2n) is 7.46. The number of nitrogens with one attached hydrogen (secondary N) is 1. The van der Waals surface area contributed by atoms with E-state index in [0.717, 1.165) is 65.1 Å². The normalized spacial score (nSPS) is 15.6. The summed E-state index contributed by atoms with van der Waals surface area (Å²) in [6, 6.07) is 10.7. The monoisotopic (exact) mass is 357 g/mol. The van der Waals surface area contributed by atoms with Crippen molar-refractivity contribution in [1.29, 1.82) is 0 Å². The lowest BCUT2D eigenvalue weighted by atomic mass is 9.93. The fourth-order valence-electron chi connectivity index (χ4n) is 4.12. The molecule has 0 saturated carbocycles. The first kappa shape index (κ1) is 16.4. The molecule has 0 bridgehead atoms. The van der Waals surface area contributed by atoms with E-state index in [0.29, 0.717) is 5.92 Å². The van der Waals surface area contributed by atoms with Crippen molar-refractivity contribution in [2.24, 2.45) is 0 Å². The van der Waals surface area contributed by atoms with E-state index in [1.54, 1.807) is 0 Å². The maximum Gasteiger partial charge on any atom is 0.158 e. The molecule has 5 rings (SSSR count). The van der Waals surface area contributed by atoms with E-state index in [4.69, 9.17) is 9.97 Å². The van der Waals surface area contributed by atoms with Gasteiger partial charge in [0.25, 0.3) is 0 Å². The minimum Gasteiger partial charge on any atom is -0.317 e. The van der Waals surface area contributed by atoms with Crippen LogP contribution in [0.5, 0.6) is 0 Å². The Morgan fingerprint density at radius 2 is 1.81 bits per heavy atom. The number of nitrogens with zero attached hydrogens (tertiary/aromatic N) is 4. The van der Waals surface area contributed by atoms with Crippen LogP contribution in [0.4, 0.5) is 0 Å². The van der Waals surface area contributed by atoms with E-state index >= 15 is 0 Å². The van der Waals surface area contributed by atoms with Crippen LogP contribution in [-0.2, 0) is 0 Å². The highest BCUT2D eigenvalue weighted by Crippen LogP contribution is 2.30. The number of fused-ring (bicyclic) bond motifs is 2. The van der Waals surface area contributed by atoms with Crippen LogP contribution in [0.15, 0.2) is 42.7 Å². The van der Waals surface area contributed by atoms with Gasteiger partial charge in [0.1, 0.15) is 0 Å². The molecule has 0 radical (unpaired) electrons. The van der Waals surface area contributed by atoms with Gasteiger partial charge in [-0.15, -0.1) is 0 Å². The van der Waals surface area contributed by atoms with Crippen molar-refractivity contribution in [3.63, 3.8) is 0 Å². The maximum absolute atomic E-state index is 5.10. The van der Waals surface area contributed by atoms with Crippen LogP contribution in [0.3, 0.4) is 0 Å². The molecule has 3 aromatic heterocycles. The molecule has 0 amide bonds. The molecule has 0 unspecified atom stereocenters. The first-order valence-corrected chi connectivity index (χ1v) is 9.63. The van der Waals surface area contributed by atoms with Crippen molar-refractivity contribution in [2.75, 3.05) is 13.1 Å². The Labute approximate surface area is 158 Å². The Kier molecular flexibility index (Phi) is 3.90. The van der Waals surface area contributed by atoms with E-state index < -0.39 is 0 Å². The fraction of sp³-hybridized carbons (Fsp3) is 0.318. The second kappa shape index (κ2) is 6.43. The minimum absolute atomic E-state index is 0.539. The lowest BCUT2D eigenvalue weighted by molar-refractivity contribution is 0.454. The van der Waals surface area contributed by atoms with Crippen molar-refractivity contribution in [2.45, 2.75) is 32.6 Å². The predicted molar refractivity (Wildman–Crippen MR) is 108 cm³/mol. The number of benzene rings is 1. The number of hydrogen-bond donors (Lipinski definition) is 1. The van der Waals surface area contributed by atoms with Gasteiger partial charge in [0, 0.05) is 35.0 Å². The van der Waals surface area contributed by atoms with Crippen LogP contribution in [0.1, 0.15) is 35.8 Å². The van der Waals surface area contributed by atoms with E-state index in [2.05, 4.69) is 51.2 Å². The molecule has 1 fully saturated rings. The van der Waals surface area contributed by atoms with Crippen molar-refractivity contribution >= 4 is 16.6 Å². The van der Waals surface area contributed by atoms with Crippen molar-refractivity contribution in [3.05, 3.63) is 59.8 Å². The third-order valence-electron chi connectivity index (χ3n) is 5.50. The van der Waals surface area contributed by atoms with Crippen LogP contribution in [-0.4, -0.2) is 32.4 Å². The highest BCUT2D eigenvalue weighted by atomic mass is 15.0. The van der Waals surface area contributed by atoms with Crippen molar-refractivity contribution in [3.8, 4) is 11.3 Å². The predicted octanol–water partition coefficient (Wildman–Crippen LogP) is 4.03. The van der Waals surface area contributed by atoms with E-state index in [9.17, 15) is 0 Å². The van der Waals surface area contributed by atoms with Gasteiger partial charge in [-0.05, 0) is 45.8 Å². The summed E-state index contributed by atoms with van der Waals surface area (Å²) in [4.78, 5) is 14.5.